The van der Waals surface area contributed by atoms with Crippen LogP contribution in [-0.4, -0.2) is 34.8 Å². The molecule has 4 rings (SSSR count). The van der Waals surface area contributed by atoms with E-state index in [0.29, 0.717) is 11.4 Å². The minimum atomic E-state index is -0.852. The van der Waals surface area contributed by atoms with Crippen molar-refractivity contribution in [2.45, 2.75) is 38.3 Å². The van der Waals surface area contributed by atoms with Crippen molar-refractivity contribution in [1.29, 1.82) is 0 Å². The predicted octanol–water partition coefficient (Wildman–Crippen LogP) is 3.46. The molecule has 1 aliphatic heterocycles. The van der Waals surface area contributed by atoms with Gasteiger partial charge in [0.05, 0.1) is 12.1 Å². The summed E-state index contributed by atoms with van der Waals surface area (Å²) in [5.41, 5.74) is 1.84. The summed E-state index contributed by atoms with van der Waals surface area (Å²) in [6, 6.07) is 11.4. The van der Waals surface area contributed by atoms with Gasteiger partial charge in [-0.3, -0.25) is 9.59 Å². The largest absolute Gasteiger partial charge is 0.332 e. The zero-order valence-corrected chi connectivity index (χ0v) is 15.4. The molecule has 2 aliphatic rings. The molecule has 1 saturated carbocycles. The zero-order chi connectivity index (χ0) is 19.8. The molecule has 0 radical (unpaired) electrons. The van der Waals surface area contributed by atoms with E-state index in [9.17, 15) is 18.8 Å². The van der Waals surface area contributed by atoms with Crippen LogP contribution in [0.3, 0.4) is 0 Å². The highest BCUT2D eigenvalue weighted by Gasteiger charge is 2.51. The number of amides is 4. The van der Waals surface area contributed by atoms with Crippen molar-refractivity contribution >= 4 is 29.2 Å². The molecule has 2 aromatic rings. The molecule has 4 amide bonds. The van der Waals surface area contributed by atoms with Gasteiger partial charge in [0.1, 0.15) is 11.9 Å². The summed E-state index contributed by atoms with van der Waals surface area (Å²) < 4.78 is 13.3. The van der Waals surface area contributed by atoms with Crippen LogP contribution in [0.2, 0.25) is 0 Å². The number of anilines is 2. The average molecular weight is 381 g/mol. The Morgan fingerprint density at radius 3 is 2.50 bits per heavy atom. The maximum absolute atomic E-state index is 13.3. The Labute approximate surface area is 161 Å². The van der Waals surface area contributed by atoms with Gasteiger partial charge in [-0.15, -0.1) is 0 Å². The van der Waals surface area contributed by atoms with Gasteiger partial charge in [-0.2, -0.15) is 0 Å². The first-order valence-electron chi connectivity index (χ1n) is 9.22. The fraction of sp³-hybridized carbons (Fsp3) is 0.286. The summed E-state index contributed by atoms with van der Waals surface area (Å²) in [5, 5.41) is 2.60. The summed E-state index contributed by atoms with van der Waals surface area (Å²) in [6.07, 6.45) is 1.48. The number of urea groups is 1. The van der Waals surface area contributed by atoms with E-state index in [1.54, 1.807) is 18.2 Å². The lowest BCUT2D eigenvalue weighted by molar-refractivity contribution is -0.124. The van der Waals surface area contributed by atoms with Crippen molar-refractivity contribution in [1.82, 2.24) is 4.90 Å². The van der Waals surface area contributed by atoms with Gasteiger partial charge >= 0.3 is 6.03 Å². The molecule has 7 heteroatoms. The van der Waals surface area contributed by atoms with Gasteiger partial charge in [-0.05, 0) is 50.1 Å². The van der Waals surface area contributed by atoms with Gasteiger partial charge < -0.3 is 10.2 Å². The summed E-state index contributed by atoms with van der Waals surface area (Å²) >= 11 is 0. The van der Waals surface area contributed by atoms with Gasteiger partial charge in [-0.25, -0.2) is 14.1 Å². The third-order valence-electron chi connectivity index (χ3n) is 4.97. The highest BCUT2D eigenvalue weighted by atomic mass is 19.1. The van der Waals surface area contributed by atoms with E-state index in [1.807, 2.05) is 19.1 Å². The number of hydrogen-bond acceptors (Lipinski definition) is 3. The minimum Gasteiger partial charge on any atom is -0.326 e. The van der Waals surface area contributed by atoms with Gasteiger partial charge in [0.15, 0.2) is 0 Å². The monoisotopic (exact) mass is 381 g/mol. The van der Waals surface area contributed by atoms with Crippen LogP contribution >= 0.6 is 0 Å². The molecule has 1 saturated heterocycles. The maximum atomic E-state index is 13.3. The van der Waals surface area contributed by atoms with Crippen LogP contribution in [0.5, 0.6) is 0 Å². The van der Waals surface area contributed by atoms with E-state index in [0.717, 1.165) is 23.3 Å². The van der Waals surface area contributed by atoms with Gasteiger partial charge in [-0.1, -0.05) is 23.8 Å². The first-order chi connectivity index (χ1) is 13.4. The first-order valence-corrected chi connectivity index (χ1v) is 9.22. The maximum Gasteiger partial charge on any atom is 0.332 e. The molecule has 1 aliphatic carbocycles. The molecule has 0 unspecified atom stereocenters. The summed E-state index contributed by atoms with van der Waals surface area (Å²) in [4.78, 5) is 41.1. The van der Waals surface area contributed by atoms with Crippen molar-refractivity contribution in [3.8, 4) is 0 Å². The van der Waals surface area contributed by atoms with Crippen LogP contribution in [0, 0.1) is 12.7 Å². The average Bonchev–Trinajstić information content (AvgIpc) is 3.44. The summed E-state index contributed by atoms with van der Waals surface area (Å²) in [5.74, 6) is -1.31. The van der Waals surface area contributed by atoms with Crippen molar-refractivity contribution in [2.24, 2.45) is 0 Å². The molecule has 0 spiro atoms. The first kappa shape index (κ1) is 18.2. The molecule has 2 aromatic carbocycles. The molecule has 144 valence electrons. The molecule has 1 heterocycles. The van der Waals surface area contributed by atoms with E-state index in [-0.39, 0.29) is 18.5 Å². The number of carbonyl (C=O) groups is 3. The van der Waals surface area contributed by atoms with Crippen LogP contribution in [0.15, 0.2) is 48.5 Å². The number of nitrogens with zero attached hydrogens (tertiary/aromatic N) is 2. The third-order valence-corrected chi connectivity index (χ3v) is 4.97. The molecular weight excluding hydrogens is 361 g/mol. The predicted molar refractivity (Wildman–Crippen MR) is 102 cm³/mol. The van der Waals surface area contributed by atoms with Crippen LogP contribution in [0.25, 0.3) is 0 Å². The Hall–Kier alpha value is -3.22. The third kappa shape index (κ3) is 3.47. The van der Waals surface area contributed by atoms with Crippen LogP contribution in [-0.2, 0) is 9.59 Å². The SMILES string of the molecule is Cc1ccc(N2C(=O)[C@@H](CC(=O)Nc3cccc(F)c3)N(C3CC3)C2=O)cc1. The zero-order valence-electron chi connectivity index (χ0n) is 15.4. The van der Waals surface area contributed by atoms with E-state index in [2.05, 4.69) is 5.32 Å². The Kier molecular flexibility index (Phi) is 4.58. The minimum absolute atomic E-state index is 0.0149. The lowest BCUT2D eigenvalue weighted by atomic mass is 10.1. The Morgan fingerprint density at radius 1 is 1.14 bits per heavy atom. The standard InChI is InChI=1S/C21H20FN3O3/c1-13-5-7-17(8-6-13)25-20(27)18(24(21(25)28)16-9-10-16)12-19(26)23-15-4-2-3-14(22)11-15/h2-8,11,16,18H,9-10,12H2,1H3,(H,23,26)/t18-/m1/s1. The van der Waals surface area contributed by atoms with Crippen LogP contribution < -0.4 is 10.2 Å². The van der Waals surface area contributed by atoms with E-state index >= 15 is 0 Å². The Morgan fingerprint density at radius 2 is 1.86 bits per heavy atom. The molecule has 0 aromatic heterocycles. The van der Waals surface area contributed by atoms with Crippen LogP contribution in [0.4, 0.5) is 20.6 Å². The number of rotatable bonds is 5. The van der Waals surface area contributed by atoms with Crippen molar-refractivity contribution in [3.63, 3.8) is 0 Å². The number of imide groups is 1. The second-order valence-electron chi connectivity index (χ2n) is 7.21. The quantitative estimate of drug-likeness (QED) is 0.807. The topological polar surface area (TPSA) is 69.7 Å². The fourth-order valence-corrected chi connectivity index (χ4v) is 3.45. The second-order valence-corrected chi connectivity index (χ2v) is 7.21. The summed E-state index contributed by atoms with van der Waals surface area (Å²) in [7, 11) is 0. The van der Waals surface area contributed by atoms with Gasteiger partial charge in [0.25, 0.3) is 5.91 Å². The number of carbonyl (C=O) groups excluding carboxylic acids is 3. The number of hydrogen-bond donors (Lipinski definition) is 1. The Balaban J connectivity index is 1.54. The molecule has 1 atom stereocenters. The molecular formula is C21H20FN3O3. The molecule has 0 bridgehead atoms. The van der Waals surface area contributed by atoms with E-state index in [1.165, 1.54) is 23.1 Å². The molecule has 1 N–H and O–H groups in total. The molecule has 2 fully saturated rings. The number of halogens is 1. The van der Waals surface area contributed by atoms with Crippen molar-refractivity contribution in [3.05, 3.63) is 59.9 Å². The van der Waals surface area contributed by atoms with Crippen LogP contribution in [0.1, 0.15) is 24.8 Å². The highest BCUT2D eigenvalue weighted by molar-refractivity contribution is 6.22. The smallest absolute Gasteiger partial charge is 0.326 e. The van der Waals surface area contributed by atoms with Crippen molar-refractivity contribution in [2.75, 3.05) is 10.2 Å². The molecule has 6 nitrogen and oxygen atoms in total. The lowest BCUT2D eigenvalue weighted by Crippen LogP contribution is -2.39. The Bertz CT molecular complexity index is 940. The summed E-state index contributed by atoms with van der Waals surface area (Å²) in [6.45, 7) is 1.92. The number of nitrogens with one attached hydrogen (secondary N) is 1. The van der Waals surface area contributed by atoms with Gasteiger partial charge in [0.2, 0.25) is 5.91 Å². The second kappa shape index (κ2) is 7.07. The molecule has 28 heavy (non-hydrogen) atoms. The highest BCUT2D eigenvalue weighted by Crippen LogP contribution is 2.36. The van der Waals surface area contributed by atoms with Gasteiger partial charge in [0, 0.05) is 11.7 Å². The number of aryl methyl sites for hydroxylation is 1. The normalized spacial score (nSPS) is 19.3. The lowest BCUT2D eigenvalue weighted by Gasteiger charge is -2.21. The van der Waals surface area contributed by atoms with Crippen molar-refractivity contribution < 1.29 is 18.8 Å². The fourth-order valence-electron chi connectivity index (χ4n) is 3.45. The van der Waals surface area contributed by atoms with E-state index in [4.69, 9.17) is 0 Å². The number of benzene rings is 2. The van der Waals surface area contributed by atoms with E-state index < -0.39 is 23.7 Å².